The Morgan fingerprint density at radius 1 is 0.708 bits per heavy atom. The first-order valence-corrected chi connectivity index (χ1v) is 7.81. The van der Waals surface area contributed by atoms with Gasteiger partial charge in [-0.05, 0) is 6.42 Å². The van der Waals surface area contributed by atoms with Crippen LogP contribution >= 0.6 is 0 Å². The first-order valence-electron chi connectivity index (χ1n) is 7.81. The summed E-state index contributed by atoms with van der Waals surface area (Å²) in [7, 11) is 1.32. The largest absolute Gasteiger partial charge is 0.394 e. The van der Waals surface area contributed by atoms with E-state index in [1.807, 2.05) is 0 Å². The maximum Gasteiger partial charge on any atom is 0.163 e. The molecule has 0 aromatic rings. The number of methoxy groups -OCH3 is 1. The standard InChI is InChI=1S/C14H26O10/c1-22-14-5(9(17)11(19)8(4-16)24-14)2-6-10(18)13(21)12(20)7(3-15)23-6/h5-21H,2-4H2,1H3/t5-,6+,7-,8-,9-,10+,11-,12-,13-,14+/m1/s1. The van der Waals surface area contributed by atoms with Crippen LogP contribution in [0, 0.1) is 5.92 Å². The number of aliphatic hydroxyl groups excluding tert-OH is 7. The van der Waals surface area contributed by atoms with E-state index < -0.39 is 74.3 Å². The van der Waals surface area contributed by atoms with Crippen molar-refractivity contribution in [1.82, 2.24) is 0 Å². The number of hydrogen-bond acceptors (Lipinski definition) is 10. The van der Waals surface area contributed by atoms with Crippen LogP contribution in [0.3, 0.4) is 0 Å². The zero-order valence-corrected chi connectivity index (χ0v) is 13.3. The Morgan fingerprint density at radius 3 is 1.75 bits per heavy atom. The molecule has 0 unspecified atom stereocenters. The van der Waals surface area contributed by atoms with Gasteiger partial charge in [0.2, 0.25) is 0 Å². The van der Waals surface area contributed by atoms with Gasteiger partial charge in [0, 0.05) is 13.0 Å². The van der Waals surface area contributed by atoms with Crippen molar-refractivity contribution < 1.29 is 50.0 Å². The molecular formula is C14H26O10. The molecule has 0 aromatic heterocycles. The van der Waals surface area contributed by atoms with Crippen LogP contribution in [0.2, 0.25) is 0 Å². The lowest BCUT2D eigenvalue weighted by atomic mass is 9.83. The molecule has 0 aromatic carbocycles. The quantitative estimate of drug-likeness (QED) is 0.258. The van der Waals surface area contributed by atoms with Gasteiger partial charge in [-0.15, -0.1) is 0 Å². The molecule has 2 aliphatic rings. The van der Waals surface area contributed by atoms with Gasteiger partial charge in [-0.2, -0.15) is 0 Å². The van der Waals surface area contributed by atoms with E-state index in [9.17, 15) is 30.6 Å². The molecule has 0 amide bonds. The highest BCUT2D eigenvalue weighted by Crippen LogP contribution is 2.34. The molecule has 10 nitrogen and oxygen atoms in total. The predicted molar refractivity (Wildman–Crippen MR) is 76.6 cm³/mol. The minimum Gasteiger partial charge on any atom is -0.394 e. The molecule has 2 fully saturated rings. The fraction of sp³-hybridized carbons (Fsp3) is 1.00. The lowest BCUT2D eigenvalue weighted by Crippen LogP contribution is -2.61. The van der Waals surface area contributed by atoms with Gasteiger partial charge in [-0.3, -0.25) is 0 Å². The van der Waals surface area contributed by atoms with E-state index >= 15 is 0 Å². The second-order valence-electron chi connectivity index (χ2n) is 6.21. The molecule has 142 valence electrons. The molecule has 0 bridgehead atoms. The molecular weight excluding hydrogens is 328 g/mol. The van der Waals surface area contributed by atoms with E-state index in [1.54, 1.807) is 0 Å². The van der Waals surface area contributed by atoms with Gasteiger partial charge < -0.3 is 50.0 Å². The summed E-state index contributed by atoms with van der Waals surface area (Å²) in [5.74, 6) is -0.825. The molecule has 2 rings (SSSR count). The summed E-state index contributed by atoms with van der Waals surface area (Å²) in [6, 6.07) is 0. The lowest BCUT2D eigenvalue weighted by molar-refractivity contribution is -0.292. The van der Waals surface area contributed by atoms with Gasteiger partial charge >= 0.3 is 0 Å². The molecule has 2 saturated heterocycles. The molecule has 2 heterocycles. The Balaban J connectivity index is 2.12. The van der Waals surface area contributed by atoms with E-state index in [1.165, 1.54) is 7.11 Å². The Bertz CT molecular complexity index is 392. The minimum absolute atomic E-state index is 0.0731. The third-order valence-electron chi connectivity index (χ3n) is 4.74. The summed E-state index contributed by atoms with van der Waals surface area (Å²) in [4.78, 5) is 0. The molecule has 2 aliphatic heterocycles. The highest BCUT2D eigenvalue weighted by atomic mass is 16.7. The number of aliphatic hydroxyl groups is 7. The second kappa shape index (κ2) is 8.32. The molecule has 0 aliphatic carbocycles. The summed E-state index contributed by atoms with van der Waals surface area (Å²) in [6.07, 6.45) is -11.3. The summed E-state index contributed by atoms with van der Waals surface area (Å²) >= 11 is 0. The average molecular weight is 354 g/mol. The second-order valence-corrected chi connectivity index (χ2v) is 6.21. The highest BCUT2D eigenvalue weighted by Gasteiger charge is 2.49. The smallest absolute Gasteiger partial charge is 0.163 e. The minimum atomic E-state index is -1.53. The molecule has 7 N–H and O–H groups in total. The predicted octanol–water partition coefficient (Wildman–Crippen LogP) is -4.08. The van der Waals surface area contributed by atoms with Crippen molar-refractivity contribution in [1.29, 1.82) is 0 Å². The molecule has 10 heteroatoms. The zero-order valence-electron chi connectivity index (χ0n) is 13.3. The van der Waals surface area contributed by atoms with Gasteiger partial charge in [-0.25, -0.2) is 0 Å². The fourth-order valence-electron chi connectivity index (χ4n) is 3.26. The Labute approximate surface area is 138 Å². The van der Waals surface area contributed by atoms with Crippen molar-refractivity contribution in [2.24, 2.45) is 5.92 Å². The Morgan fingerprint density at radius 2 is 1.21 bits per heavy atom. The number of hydrogen-bond donors (Lipinski definition) is 7. The van der Waals surface area contributed by atoms with E-state index in [2.05, 4.69) is 0 Å². The van der Waals surface area contributed by atoms with Gasteiger partial charge in [0.15, 0.2) is 6.29 Å². The van der Waals surface area contributed by atoms with Gasteiger partial charge in [-0.1, -0.05) is 0 Å². The van der Waals surface area contributed by atoms with Crippen LogP contribution < -0.4 is 0 Å². The average Bonchev–Trinajstić information content (AvgIpc) is 2.59. The third kappa shape index (κ3) is 3.73. The van der Waals surface area contributed by atoms with E-state index in [4.69, 9.17) is 19.3 Å². The summed E-state index contributed by atoms with van der Waals surface area (Å²) in [6.45, 7) is -1.07. The lowest BCUT2D eigenvalue weighted by Gasteiger charge is -2.45. The van der Waals surface area contributed by atoms with Crippen LogP contribution in [0.25, 0.3) is 0 Å². The number of ether oxygens (including phenoxy) is 3. The first kappa shape index (κ1) is 19.9. The van der Waals surface area contributed by atoms with Crippen LogP contribution in [0.1, 0.15) is 6.42 Å². The van der Waals surface area contributed by atoms with Crippen LogP contribution in [0.15, 0.2) is 0 Å². The zero-order chi connectivity index (χ0) is 18.0. The fourth-order valence-corrected chi connectivity index (χ4v) is 3.26. The van der Waals surface area contributed by atoms with E-state index in [0.717, 1.165) is 0 Å². The molecule has 0 spiro atoms. The van der Waals surface area contributed by atoms with E-state index in [-0.39, 0.29) is 6.42 Å². The summed E-state index contributed by atoms with van der Waals surface area (Å²) in [5, 5.41) is 68.3. The Hall–Kier alpha value is -0.400. The number of rotatable bonds is 5. The third-order valence-corrected chi connectivity index (χ3v) is 4.74. The molecule has 24 heavy (non-hydrogen) atoms. The van der Waals surface area contributed by atoms with Crippen molar-refractivity contribution in [3.8, 4) is 0 Å². The van der Waals surface area contributed by atoms with Crippen LogP contribution in [-0.4, -0.2) is 111 Å². The van der Waals surface area contributed by atoms with Crippen molar-refractivity contribution in [3.05, 3.63) is 0 Å². The van der Waals surface area contributed by atoms with Gasteiger partial charge in [0.25, 0.3) is 0 Å². The molecule has 10 atom stereocenters. The maximum absolute atomic E-state index is 10.3. The normalized spacial score (nSPS) is 50.0. The van der Waals surface area contributed by atoms with Crippen molar-refractivity contribution in [2.45, 2.75) is 61.5 Å². The van der Waals surface area contributed by atoms with Gasteiger partial charge in [0.1, 0.15) is 36.6 Å². The maximum atomic E-state index is 10.3. The van der Waals surface area contributed by atoms with Crippen LogP contribution in [0.4, 0.5) is 0 Å². The Kier molecular flexibility index (Phi) is 6.90. The molecule has 0 radical (unpaired) electrons. The van der Waals surface area contributed by atoms with Crippen LogP contribution in [-0.2, 0) is 14.2 Å². The van der Waals surface area contributed by atoms with Crippen molar-refractivity contribution in [3.63, 3.8) is 0 Å². The highest BCUT2D eigenvalue weighted by molar-refractivity contribution is 4.96. The summed E-state index contributed by atoms with van der Waals surface area (Å²) in [5.41, 5.74) is 0. The van der Waals surface area contributed by atoms with Crippen LogP contribution in [0.5, 0.6) is 0 Å². The van der Waals surface area contributed by atoms with Crippen molar-refractivity contribution in [2.75, 3.05) is 20.3 Å². The van der Waals surface area contributed by atoms with E-state index in [0.29, 0.717) is 0 Å². The van der Waals surface area contributed by atoms with Gasteiger partial charge in [0.05, 0.1) is 25.4 Å². The van der Waals surface area contributed by atoms with Crippen molar-refractivity contribution >= 4 is 0 Å². The monoisotopic (exact) mass is 354 g/mol. The first-order chi connectivity index (χ1) is 11.3. The summed E-state index contributed by atoms with van der Waals surface area (Å²) < 4.78 is 15.9. The topological polar surface area (TPSA) is 169 Å². The SMILES string of the molecule is CO[C@H]1O[C@H](CO)[C@@H](O)[C@H](O)[C@H]1C[C@@H]1O[C@H](CO)[C@@H](O)[C@H](O)[C@H]1O. The molecule has 0 saturated carbocycles.